The Morgan fingerprint density at radius 1 is 1.41 bits per heavy atom. The van der Waals surface area contributed by atoms with E-state index in [2.05, 4.69) is 4.98 Å². The second-order valence-electron chi connectivity index (χ2n) is 7.51. The van der Waals surface area contributed by atoms with Gasteiger partial charge in [0.1, 0.15) is 16.2 Å². The van der Waals surface area contributed by atoms with Crippen LogP contribution in [0.5, 0.6) is 0 Å². The number of hydrogen-bond acceptors (Lipinski definition) is 5. The Bertz CT molecular complexity index is 564. The van der Waals surface area contributed by atoms with Crippen molar-refractivity contribution in [2.45, 2.75) is 76.7 Å². The highest BCUT2D eigenvalue weighted by molar-refractivity contribution is 7.09. The van der Waals surface area contributed by atoms with E-state index in [4.69, 9.17) is 4.74 Å². The SMILES string of the molecule is Cc1csc(C2(O)CC3CCC(C2)N3C(=O)OC(C)(C)C)n1. The van der Waals surface area contributed by atoms with Gasteiger partial charge in [0.15, 0.2) is 0 Å². The Hall–Kier alpha value is -1.14. The molecule has 1 aromatic rings. The molecule has 3 heterocycles. The lowest BCUT2D eigenvalue weighted by molar-refractivity contribution is -0.0625. The molecule has 2 unspecified atom stereocenters. The van der Waals surface area contributed by atoms with Crippen molar-refractivity contribution in [1.82, 2.24) is 9.88 Å². The number of hydrogen-bond donors (Lipinski definition) is 1. The van der Waals surface area contributed by atoms with Gasteiger partial charge < -0.3 is 14.7 Å². The predicted octanol–water partition coefficient (Wildman–Crippen LogP) is 3.20. The first kappa shape index (κ1) is 15.7. The maximum absolute atomic E-state index is 12.4. The Morgan fingerprint density at radius 2 is 2.00 bits per heavy atom. The number of piperidine rings is 1. The first-order valence-electron chi connectivity index (χ1n) is 7.84. The zero-order valence-electron chi connectivity index (χ0n) is 13.6. The van der Waals surface area contributed by atoms with E-state index in [1.807, 2.05) is 38.0 Å². The van der Waals surface area contributed by atoms with Crippen LogP contribution in [0.3, 0.4) is 0 Å². The quantitative estimate of drug-likeness (QED) is 0.861. The first-order chi connectivity index (χ1) is 10.2. The van der Waals surface area contributed by atoms with Gasteiger partial charge >= 0.3 is 6.09 Å². The summed E-state index contributed by atoms with van der Waals surface area (Å²) in [6, 6.07) is 0.0885. The summed E-state index contributed by atoms with van der Waals surface area (Å²) in [4.78, 5) is 18.7. The standard InChI is InChI=1S/C16H24N2O3S/c1-10-9-22-13(17-10)16(20)7-11-5-6-12(8-16)18(11)14(19)21-15(2,3)4/h9,11-12,20H,5-8H2,1-4H3. The molecule has 0 radical (unpaired) electrons. The topological polar surface area (TPSA) is 62.7 Å². The summed E-state index contributed by atoms with van der Waals surface area (Å²) < 4.78 is 5.53. The van der Waals surface area contributed by atoms with Crippen LogP contribution in [-0.2, 0) is 10.3 Å². The van der Waals surface area contributed by atoms with Gasteiger partial charge in [0, 0.05) is 36.0 Å². The number of fused-ring (bicyclic) bond motifs is 2. The highest BCUT2D eigenvalue weighted by Crippen LogP contribution is 2.46. The average molecular weight is 324 g/mol. The lowest BCUT2D eigenvalue weighted by atomic mass is 9.87. The number of aromatic nitrogens is 1. The van der Waals surface area contributed by atoms with Crippen molar-refractivity contribution in [2.75, 3.05) is 0 Å². The lowest BCUT2D eigenvalue weighted by Crippen LogP contribution is -2.53. The molecule has 0 aliphatic carbocycles. The minimum atomic E-state index is -0.900. The van der Waals surface area contributed by atoms with Gasteiger partial charge in [-0.2, -0.15) is 0 Å². The molecule has 2 aliphatic heterocycles. The molecule has 2 fully saturated rings. The fourth-order valence-electron chi connectivity index (χ4n) is 3.58. The summed E-state index contributed by atoms with van der Waals surface area (Å²) in [5, 5.41) is 13.8. The van der Waals surface area contributed by atoms with E-state index in [1.54, 1.807) is 0 Å². The van der Waals surface area contributed by atoms with Crippen molar-refractivity contribution in [3.63, 3.8) is 0 Å². The van der Waals surface area contributed by atoms with Gasteiger partial charge in [-0.25, -0.2) is 9.78 Å². The maximum Gasteiger partial charge on any atom is 0.410 e. The van der Waals surface area contributed by atoms with Gasteiger partial charge in [0.25, 0.3) is 0 Å². The number of ether oxygens (including phenoxy) is 1. The molecule has 2 bridgehead atoms. The van der Waals surface area contributed by atoms with Crippen LogP contribution in [0.1, 0.15) is 57.2 Å². The number of rotatable bonds is 1. The van der Waals surface area contributed by atoms with Crippen LogP contribution in [0.25, 0.3) is 0 Å². The average Bonchev–Trinajstić information content (AvgIpc) is 2.91. The van der Waals surface area contributed by atoms with Crippen molar-refractivity contribution in [1.29, 1.82) is 0 Å². The zero-order valence-corrected chi connectivity index (χ0v) is 14.4. The van der Waals surface area contributed by atoms with Crippen LogP contribution in [0.4, 0.5) is 4.79 Å². The molecule has 1 N–H and O–H groups in total. The van der Waals surface area contributed by atoms with Crippen LogP contribution in [0.2, 0.25) is 0 Å². The molecule has 0 spiro atoms. The number of thiazole rings is 1. The molecule has 6 heteroatoms. The zero-order chi connectivity index (χ0) is 16.1. The van der Waals surface area contributed by atoms with Gasteiger partial charge in [0.2, 0.25) is 0 Å². The van der Waals surface area contributed by atoms with E-state index in [0.29, 0.717) is 12.8 Å². The summed E-state index contributed by atoms with van der Waals surface area (Å²) >= 11 is 1.51. The van der Waals surface area contributed by atoms with Gasteiger partial charge in [-0.15, -0.1) is 11.3 Å². The normalized spacial score (nSPS) is 31.4. The third-order valence-electron chi connectivity index (χ3n) is 4.39. The van der Waals surface area contributed by atoms with Gasteiger partial charge in [0.05, 0.1) is 0 Å². The van der Waals surface area contributed by atoms with Crippen molar-refractivity contribution >= 4 is 17.4 Å². The van der Waals surface area contributed by atoms with E-state index in [-0.39, 0.29) is 18.2 Å². The lowest BCUT2D eigenvalue weighted by Gasteiger charge is -2.43. The monoisotopic (exact) mass is 324 g/mol. The van der Waals surface area contributed by atoms with E-state index in [0.717, 1.165) is 23.5 Å². The maximum atomic E-state index is 12.4. The molecular formula is C16H24N2O3S. The fourth-order valence-corrected chi connectivity index (χ4v) is 4.50. The number of aryl methyl sites for hydroxylation is 1. The van der Waals surface area contributed by atoms with E-state index >= 15 is 0 Å². The van der Waals surface area contributed by atoms with Crippen LogP contribution in [-0.4, -0.2) is 38.8 Å². The van der Waals surface area contributed by atoms with Crippen molar-refractivity contribution in [3.8, 4) is 0 Å². The first-order valence-corrected chi connectivity index (χ1v) is 8.72. The van der Waals surface area contributed by atoms with Crippen molar-refractivity contribution in [3.05, 3.63) is 16.1 Å². The van der Waals surface area contributed by atoms with Crippen LogP contribution in [0.15, 0.2) is 5.38 Å². The Kier molecular flexibility index (Phi) is 3.72. The molecule has 3 rings (SSSR count). The second kappa shape index (κ2) is 5.20. The molecule has 122 valence electrons. The van der Waals surface area contributed by atoms with Crippen LogP contribution < -0.4 is 0 Å². The third kappa shape index (κ3) is 2.86. The molecule has 0 saturated carbocycles. The van der Waals surface area contributed by atoms with Crippen LogP contribution >= 0.6 is 11.3 Å². The molecule has 5 nitrogen and oxygen atoms in total. The van der Waals surface area contributed by atoms with Gasteiger partial charge in [-0.3, -0.25) is 0 Å². The van der Waals surface area contributed by atoms with E-state index in [1.165, 1.54) is 11.3 Å². The molecule has 2 saturated heterocycles. The third-order valence-corrected chi connectivity index (χ3v) is 5.54. The fraction of sp³-hybridized carbons (Fsp3) is 0.750. The number of carbonyl (C=O) groups is 1. The molecular weight excluding hydrogens is 300 g/mol. The molecule has 2 aliphatic rings. The van der Waals surface area contributed by atoms with E-state index in [9.17, 15) is 9.90 Å². The Labute approximate surface area is 135 Å². The molecule has 2 atom stereocenters. The number of aliphatic hydroxyl groups is 1. The molecule has 0 aromatic carbocycles. The number of amides is 1. The molecule has 1 aromatic heterocycles. The van der Waals surface area contributed by atoms with Crippen molar-refractivity contribution < 1.29 is 14.6 Å². The highest BCUT2D eigenvalue weighted by Gasteiger charge is 2.52. The van der Waals surface area contributed by atoms with Gasteiger partial charge in [-0.1, -0.05) is 0 Å². The Balaban J connectivity index is 1.78. The molecule has 1 amide bonds. The number of carbonyl (C=O) groups excluding carboxylic acids is 1. The summed E-state index contributed by atoms with van der Waals surface area (Å²) in [7, 11) is 0. The van der Waals surface area contributed by atoms with Crippen LogP contribution in [0, 0.1) is 6.92 Å². The minimum absolute atomic E-state index is 0.0443. The van der Waals surface area contributed by atoms with Gasteiger partial charge in [-0.05, 0) is 40.5 Å². The summed E-state index contributed by atoms with van der Waals surface area (Å²) in [5.41, 5.74) is -0.449. The summed E-state index contributed by atoms with van der Waals surface area (Å²) in [6.45, 7) is 7.58. The van der Waals surface area contributed by atoms with E-state index < -0.39 is 11.2 Å². The summed E-state index contributed by atoms with van der Waals surface area (Å²) in [5.74, 6) is 0. The number of nitrogens with zero attached hydrogens (tertiary/aromatic N) is 2. The smallest absolute Gasteiger partial charge is 0.410 e. The highest BCUT2D eigenvalue weighted by atomic mass is 32.1. The predicted molar refractivity (Wildman–Crippen MR) is 84.9 cm³/mol. The van der Waals surface area contributed by atoms with Crippen molar-refractivity contribution in [2.24, 2.45) is 0 Å². The Morgan fingerprint density at radius 3 is 2.45 bits per heavy atom. The second-order valence-corrected chi connectivity index (χ2v) is 8.36. The molecule has 22 heavy (non-hydrogen) atoms. The largest absolute Gasteiger partial charge is 0.444 e. The minimum Gasteiger partial charge on any atom is -0.444 e. The summed E-state index contributed by atoms with van der Waals surface area (Å²) in [6.07, 6.45) is 2.70.